The highest BCUT2D eigenvalue weighted by molar-refractivity contribution is 6.08. The van der Waals surface area contributed by atoms with Gasteiger partial charge < -0.3 is 11.1 Å². The Labute approximate surface area is 183 Å². The van der Waals surface area contributed by atoms with E-state index >= 15 is 0 Å². The van der Waals surface area contributed by atoms with Crippen molar-refractivity contribution in [1.82, 2.24) is 34.1 Å². The molecule has 0 radical (unpaired) electrons. The molecule has 0 aliphatic rings. The average Bonchev–Trinajstić information content (AvgIpc) is 3.43. The van der Waals surface area contributed by atoms with E-state index in [4.69, 9.17) is 10.8 Å². The minimum absolute atomic E-state index is 0.293. The smallest absolute Gasteiger partial charge is 0.273 e. The maximum absolute atomic E-state index is 13.4. The largest absolute Gasteiger partial charge is 0.383 e. The van der Waals surface area contributed by atoms with Gasteiger partial charge in [-0.3, -0.25) is 14.0 Å². The van der Waals surface area contributed by atoms with Crippen molar-refractivity contribution < 1.29 is 4.79 Å². The van der Waals surface area contributed by atoms with Crippen molar-refractivity contribution in [2.45, 2.75) is 26.3 Å². The van der Waals surface area contributed by atoms with Gasteiger partial charge in [0, 0.05) is 18.5 Å². The number of amides is 1. The summed E-state index contributed by atoms with van der Waals surface area (Å²) in [5, 5.41) is 13.4. The Morgan fingerprint density at radius 2 is 1.91 bits per heavy atom. The van der Waals surface area contributed by atoms with Crippen molar-refractivity contribution in [2.75, 3.05) is 11.1 Å². The van der Waals surface area contributed by atoms with Gasteiger partial charge in [0.2, 0.25) is 0 Å². The van der Waals surface area contributed by atoms with Crippen LogP contribution in [0.25, 0.3) is 27.8 Å². The number of hydrogen-bond acceptors (Lipinski definition) is 6. The zero-order valence-electron chi connectivity index (χ0n) is 18.2. The van der Waals surface area contributed by atoms with Crippen molar-refractivity contribution in [3.05, 3.63) is 54.6 Å². The van der Waals surface area contributed by atoms with Crippen LogP contribution in [0.3, 0.4) is 0 Å². The van der Waals surface area contributed by atoms with Crippen molar-refractivity contribution >= 4 is 39.5 Å². The fraction of sp³-hybridized carbons (Fsp3) is 0.227. The summed E-state index contributed by atoms with van der Waals surface area (Å²) < 4.78 is 5.22. The summed E-state index contributed by atoms with van der Waals surface area (Å²) in [4.78, 5) is 22.0. The van der Waals surface area contributed by atoms with Crippen LogP contribution >= 0.6 is 0 Å². The molecule has 0 fully saturated rings. The van der Waals surface area contributed by atoms with Crippen LogP contribution in [-0.2, 0) is 12.6 Å². The summed E-state index contributed by atoms with van der Waals surface area (Å²) in [6, 6.07) is 11.3. The number of nitrogens with zero attached hydrogens (tertiary/aromatic N) is 7. The standard InChI is InChI=1S/C22H23N9O/c1-22(2,3)31-19-17(18(23)24-12-25-19)20(28-31)30-14-8-6-5-7-13(14)11-15(30)21(32)27-16-9-10-26-29(16)4/h5-12H,1-4H3,(H,27,32)(H2,23,24,25). The van der Waals surface area contributed by atoms with Crippen LogP contribution in [0.2, 0.25) is 0 Å². The van der Waals surface area contributed by atoms with Crippen LogP contribution in [0.1, 0.15) is 31.3 Å². The van der Waals surface area contributed by atoms with Crippen molar-refractivity contribution in [1.29, 1.82) is 0 Å². The van der Waals surface area contributed by atoms with E-state index in [-0.39, 0.29) is 11.4 Å². The van der Waals surface area contributed by atoms with Gasteiger partial charge in [-0.25, -0.2) is 14.6 Å². The number of aryl methyl sites for hydroxylation is 1. The Kier molecular flexibility index (Phi) is 4.26. The molecule has 1 aromatic carbocycles. The van der Waals surface area contributed by atoms with Crippen molar-refractivity contribution in [3.63, 3.8) is 0 Å². The van der Waals surface area contributed by atoms with Gasteiger partial charge >= 0.3 is 0 Å². The summed E-state index contributed by atoms with van der Waals surface area (Å²) in [6.45, 7) is 6.10. The van der Waals surface area contributed by atoms with Gasteiger partial charge in [-0.2, -0.15) is 10.2 Å². The summed E-state index contributed by atoms with van der Waals surface area (Å²) in [5.41, 5.74) is 7.77. The molecule has 3 N–H and O–H groups in total. The molecule has 10 heteroatoms. The maximum atomic E-state index is 13.4. The number of carbonyl (C=O) groups excluding carboxylic acids is 1. The minimum atomic E-state index is -0.364. The minimum Gasteiger partial charge on any atom is -0.383 e. The zero-order chi connectivity index (χ0) is 22.6. The Morgan fingerprint density at radius 1 is 1.12 bits per heavy atom. The molecule has 0 atom stereocenters. The van der Waals surface area contributed by atoms with E-state index in [0.717, 1.165) is 10.9 Å². The van der Waals surface area contributed by atoms with E-state index in [9.17, 15) is 4.79 Å². The Bertz CT molecular complexity index is 1480. The summed E-state index contributed by atoms with van der Waals surface area (Å²) >= 11 is 0. The van der Waals surface area contributed by atoms with Gasteiger partial charge in [-0.1, -0.05) is 18.2 Å². The molecule has 4 aromatic heterocycles. The van der Waals surface area contributed by atoms with Gasteiger partial charge in [0.25, 0.3) is 5.91 Å². The molecule has 162 valence electrons. The predicted octanol–water partition coefficient (Wildman–Crippen LogP) is 3.09. The van der Waals surface area contributed by atoms with Crippen LogP contribution < -0.4 is 11.1 Å². The van der Waals surface area contributed by atoms with Crippen molar-refractivity contribution in [2.24, 2.45) is 7.05 Å². The lowest BCUT2D eigenvalue weighted by Gasteiger charge is -2.19. The first-order chi connectivity index (χ1) is 15.3. The number of anilines is 2. The Hall–Kier alpha value is -4.21. The molecule has 5 aromatic rings. The number of nitrogens with one attached hydrogen (secondary N) is 1. The SMILES string of the molecule is Cn1nccc1NC(=O)c1cc2ccccc2n1-c1nn(C(C)(C)C)c2ncnc(N)c12. The molecule has 0 saturated heterocycles. The molecule has 0 saturated carbocycles. The first-order valence-corrected chi connectivity index (χ1v) is 10.2. The van der Waals surface area contributed by atoms with E-state index < -0.39 is 0 Å². The van der Waals surface area contributed by atoms with Gasteiger partial charge in [-0.15, -0.1) is 0 Å². The van der Waals surface area contributed by atoms with Crippen molar-refractivity contribution in [3.8, 4) is 5.82 Å². The lowest BCUT2D eigenvalue weighted by molar-refractivity contribution is 0.102. The monoisotopic (exact) mass is 429 g/mol. The van der Waals surface area contributed by atoms with Gasteiger partial charge in [-0.05, 0) is 32.9 Å². The second-order valence-electron chi connectivity index (χ2n) is 8.58. The fourth-order valence-corrected chi connectivity index (χ4v) is 3.81. The molecule has 5 rings (SSSR count). The van der Waals surface area contributed by atoms with Crippen LogP contribution in [-0.4, -0.2) is 40.0 Å². The highest BCUT2D eigenvalue weighted by Crippen LogP contribution is 2.33. The molecule has 32 heavy (non-hydrogen) atoms. The Balaban J connectivity index is 1.80. The number of rotatable bonds is 3. The molecule has 0 bridgehead atoms. The molecule has 0 spiro atoms. The summed E-state index contributed by atoms with van der Waals surface area (Å²) in [6.07, 6.45) is 3.05. The highest BCUT2D eigenvalue weighted by Gasteiger charge is 2.27. The topological polar surface area (TPSA) is 121 Å². The first kappa shape index (κ1) is 19.7. The first-order valence-electron chi connectivity index (χ1n) is 10.2. The van der Waals surface area contributed by atoms with E-state index in [1.807, 2.05) is 60.4 Å². The van der Waals surface area contributed by atoms with E-state index in [0.29, 0.717) is 34.2 Å². The number of nitrogens with two attached hydrogens (primary N) is 1. The lowest BCUT2D eigenvalue weighted by atomic mass is 10.1. The second kappa shape index (κ2) is 6.91. The Morgan fingerprint density at radius 3 is 2.62 bits per heavy atom. The molecule has 10 nitrogen and oxygen atoms in total. The number of benzene rings is 1. The van der Waals surface area contributed by atoms with Crippen LogP contribution in [0.5, 0.6) is 0 Å². The van der Waals surface area contributed by atoms with E-state index in [1.54, 1.807) is 24.0 Å². The van der Waals surface area contributed by atoms with Gasteiger partial charge in [0.1, 0.15) is 29.0 Å². The number of fused-ring (bicyclic) bond motifs is 2. The normalized spacial score (nSPS) is 12.0. The summed E-state index contributed by atoms with van der Waals surface area (Å²) in [7, 11) is 1.77. The third-order valence-corrected chi connectivity index (χ3v) is 5.33. The van der Waals surface area contributed by atoms with Gasteiger partial charge in [0.05, 0.1) is 17.3 Å². The second-order valence-corrected chi connectivity index (χ2v) is 8.58. The van der Waals surface area contributed by atoms with E-state index in [1.165, 1.54) is 6.33 Å². The highest BCUT2D eigenvalue weighted by atomic mass is 16.2. The average molecular weight is 429 g/mol. The fourth-order valence-electron chi connectivity index (χ4n) is 3.81. The molecular formula is C22H23N9O. The molecule has 0 aliphatic heterocycles. The van der Waals surface area contributed by atoms with Gasteiger partial charge in [0.15, 0.2) is 11.5 Å². The number of para-hydroxylation sites is 1. The van der Waals surface area contributed by atoms with Crippen LogP contribution in [0.4, 0.5) is 11.6 Å². The maximum Gasteiger partial charge on any atom is 0.273 e. The molecule has 4 heterocycles. The van der Waals surface area contributed by atoms with Crippen LogP contribution in [0.15, 0.2) is 48.9 Å². The number of nitrogen functional groups attached to an aromatic ring is 1. The number of hydrogen-bond donors (Lipinski definition) is 2. The molecule has 0 unspecified atom stereocenters. The lowest BCUT2D eigenvalue weighted by Crippen LogP contribution is -2.24. The third-order valence-electron chi connectivity index (χ3n) is 5.33. The third kappa shape index (κ3) is 2.99. The quantitative estimate of drug-likeness (QED) is 0.454. The summed E-state index contributed by atoms with van der Waals surface area (Å²) in [5.74, 6) is 1.10. The molecule has 1 amide bonds. The molecular weight excluding hydrogens is 406 g/mol. The van der Waals surface area contributed by atoms with E-state index in [2.05, 4.69) is 20.4 Å². The number of aromatic nitrogens is 7. The van der Waals surface area contributed by atoms with Crippen LogP contribution in [0, 0.1) is 0 Å². The molecule has 0 aliphatic carbocycles. The predicted molar refractivity (Wildman–Crippen MR) is 123 cm³/mol. The number of carbonyl (C=O) groups is 1. The zero-order valence-corrected chi connectivity index (χ0v) is 18.2.